The molecule has 0 fully saturated rings. The zero-order valence-corrected chi connectivity index (χ0v) is 12.2. The molecule has 0 amide bonds. The molecule has 0 saturated heterocycles. The van der Waals surface area contributed by atoms with Gasteiger partial charge in [-0.15, -0.1) is 0 Å². The molecule has 0 spiro atoms. The highest BCUT2D eigenvalue weighted by molar-refractivity contribution is 5.97. The number of fused-ring (bicyclic) bond motifs is 1. The smallest absolute Gasteiger partial charge is 0.137 e. The van der Waals surface area contributed by atoms with Gasteiger partial charge in [-0.3, -0.25) is 4.98 Å². The second-order valence-corrected chi connectivity index (χ2v) is 5.30. The number of nitrogens with two attached hydrogens (primary N) is 1. The summed E-state index contributed by atoms with van der Waals surface area (Å²) in [6.45, 7) is 0. The standard InChI is InChI=1S/C18H14N4O/c19-16-5-6-20-9-14(16)11-7-13-15(10-22-18(13)21-8-11)12-3-1-2-4-17(12)23/h1-10,23H,(H2,19,20)(H,21,22). The van der Waals surface area contributed by atoms with Crippen LogP contribution in [0.2, 0.25) is 0 Å². The maximum absolute atomic E-state index is 10.1. The third-order valence-electron chi connectivity index (χ3n) is 3.89. The molecule has 4 N–H and O–H groups in total. The predicted octanol–water partition coefficient (Wildman–Crippen LogP) is 3.58. The second kappa shape index (κ2) is 5.14. The van der Waals surface area contributed by atoms with Gasteiger partial charge >= 0.3 is 0 Å². The highest BCUT2D eigenvalue weighted by Gasteiger charge is 2.12. The number of nitrogens with zero attached hydrogens (tertiary/aromatic N) is 2. The van der Waals surface area contributed by atoms with Gasteiger partial charge in [0.15, 0.2) is 0 Å². The molecule has 0 atom stereocenters. The molecule has 4 rings (SSSR count). The van der Waals surface area contributed by atoms with Gasteiger partial charge in [0, 0.05) is 58.1 Å². The van der Waals surface area contributed by atoms with E-state index in [0.29, 0.717) is 5.69 Å². The Kier molecular flexibility index (Phi) is 2.98. The summed E-state index contributed by atoms with van der Waals surface area (Å²) in [7, 11) is 0. The Morgan fingerprint density at radius 1 is 1.00 bits per heavy atom. The molecule has 4 aromatic rings. The minimum atomic E-state index is 0.236. The fourth-order valence-corrected chi connectivity index (χ4v) is 2.72. The molecule has 0 aliphatic rings. The lowest BCUT2D eigenvalue weighted by atomic mass is 10.0. The highest BCUT2D eigenvalue weighted by atomic mass is 16.3. The van der Waals surface area contributed by atoms with Crippen molar-refractivity contribution in [2.45, 2.75) is 0 Å². The summed E-state index contributed by atoms with van der Waals surface area (Å²) in [5, 5.41) is 11.0. The molecule has 5 heteroatoms. The number of aromatic amines is 1. The van der Waals surface area contributed by atoms with Crippen molar-refractivity contribution in [1.29, 1.82) is 0 Å². The first kappa shape index (κ1) is 13.3. The molecule has 5 nitrogen and oxygen atoms in total. The molecule has 3 heterocycles. The number of H-pyrrole nitrogens is 1. The van der Waals surface area contributed by atoms with Crippen LogP contribution in [0.15, 0.2) is 61.2 Å². The van der Waals surface area contributed by atoms with Gasteiger partial charge in [0.25, 0.3) is 0 Å². The normalized spacial score (nSPS) is 11.0. The number of rotatable bonds is 2. The summed E-state index contributed by atoms with van der Waals surface area (Å²) in [6.07, 6.45) is 7.00. The lowest BCUT2D eigenvalue weighted by Gasteiger charge is -2.06. The number of aromatic nitrogens is 3. The van der Waals surface area contributed by atoms with Crippen LogP contribution in [-0.2, 0) is 0 Å². The monoisotopic (exact) mass is 302 g/mol. The quantitative estimate of drug-likeness (QED) is 0.528. The zero-order valence-electron chi connectivity index (χ0n) is 12.2. The number of anilines is 1. The first-order chi connectivity index (χ1) is 11.2. The number of hydrogen-bond acceptors (Lipinski definition) is 4. The van der Waals surface area contributed by atoms with Gasteiger partial charge < -0.3 is 15.8 Å². The largest absolute Gasteiger partial charge is 0.507 e. The molecular formula is C18H14N4O. The van der Waals surface area contributed by atoms with Crippen LogP contribution in [0.1, 0.15) is 0 Å². The summed E-state index contributed by atoms with van der Waals surface area (Å²) in [6, 6.07) is 11.0. The van der Waals surface area contributed by atoms with E-state index in [1.54, 1.807) is 36.8 Å². The average Bonchev–Trinajstić information content (AvgIpc) is 2.99. The SMILES string of the molecule is Nc1ccncc1-c1cnc2[nH]cc(-c3ccccc3O)c2c1. The summed E-state index contributed by atoms with van der Waals surface area (Å²) in [4.78, 5) is 11.7. The Morgan fingerprint density at radius 3 is 2.70 bits per heavy atom. The Morgan fingerprint density at radius 2 is 1.87 bits per heavy atom. The lowest BCUT2D eigenvalue weighted by Crippen LogP contribution is -1.91. The van der Waals surface area contributed by atoms with Crippen LogP contribution in [0.3, 0.4) is 0 Å². The van der Waals surface area contributed by atoms with E-state index in [-0.39, 0.29) is 5.75 Å². The van der Waals surface area contributed by atoms with Crippen molar-refractivity contribution in [2.75, 3.05) is 5.73 Å². The molecule has 0 bridgehead atoms. The molecule has 0 unspecified atom stereocenters. The third-order valence-corrected chi connectivity index (χ3v) is 3.89. The summed E-state index contributed by atoms with van der Waals surface area (Å²) >= 11 is 0. The fraction of sp³-hybridized carbons (Fsp3) is 0. The van der Waals surface area contributed by atoms with Gasteiger partial charge in [-0.05, 0) is 18.2 Å². The fourth-order valence-electron chi connectivity index (χ4n) is 2.72. The number of aromatic hydroxyl groups is 1. The van der Waals surface area contributed by atoms with Crippen molar-refractivity contribution >= 4 is 16.7 Å². The zero-order chi connectivity index (χ0) is 15.8. The summed E-state index contributed by atoms with van der Waals surface area (Å²) in [5.74, 6) is 0.236. The Balaban J connectivity index is 1.94. The van der Waals surface area contributed by atoms with Crippen LogP contribution in [0.25, 0.3) is 33.3 Å². The number of phenolic OH excluding ortho intramolecular Hbond substituents is 1. The Hall–Kier alpha value is -3.34. The van der Waals surface area contributed by atoms with Gasteiger partial charge in [-0.25, -0.2) is 4.98 Å². The second-order valence-electron chi connectivity index (χ2n) is 5.30. The molecule has 112 valence electrons. The number of hydrogen-bond donors (Lipinski definition) is 3. The van der Waals surface area contributed by atoms with E-state index in [1.807, 2.05) is 24.4 Å². The number of nitrogens with one attached hydrogen (secondary N) is 1. The maximum atomic E-state index is 10.1. The molecular weight excluding hydrogens is 288 g/mol. The molecule has 0 aliphatic heterocycles. The minimum Gasteiger partial charge on any atom is -0.507 e. The predicted molar refractivity (Wildman–Crippen MR) is 90.8 cm³/mol. The number of phenols is 1. The van der Waals surface area contributed by atoms with Crippen molar-refractivity contribution in [3.63, 3.8) is 0 Å². The number of pyridine rings is 2. The molecule has 0 saturated carbocycles. The molecule has 0 radical (unpaired) electrons. The van der Waals surface area contributed by atoms with Gasteiger partial charge in [0.2, 0.25) is 0 Å². The van der Waals surface area contributed by atoms with Crippen LogP contribution in [0, 0.1) is 0 Å². The lowest BCUT2D eigenvalue weighted by molar-refractivity contribution is 0.477. The number of para-hydroxylation sites is 1. The van der Waals surface area contributed by atoms with Crippen LogP contribution in [0.5, 0.6) is 5.75 Å². The molecule has 23 heavy (non-hydrogen) atoms. The summed E-state index contributed by atoms with van der Waals surface area (Å²) < 4.78 is 0. The third kappa shape index (κ3) is 2.19. The van der Waals surface area contributed by atoms with Crippen LogP contribution < -0.4 is 5.73 Å². The van der Waals surface area contributed by atoms with E-state index in [1.165, 1.54) is 0 Å². The van der Waals surface area contributed by atoms with E-state index in [0.717, 1.165) is 33.3 Å². The van der Waals surface area contributed by atoms with Crippen LogP contribution >= 0.6 is 0 Å². The van der Waals surface area contributed by atoms with Crippen molar-refractivity contribution in [1.82, 2.24) is 15.0 Å². The van der Waals surface area contributed by atoms with Crippen molar-refractivity contribution in [2.24, 2.45) is 0 Å². The van der Waals surface area contributed by atoms with Crippen LogP contribution in [0.4, 0.5) is 5.69 Å². The molecule has 3 aromatic heterocycles. The summed E-state index contributed by atoms with van der Waals surface area (Å²) in [5.41, 5.74) is 10.8. The van der Waals surface area contributed by atoms with Gasteiger partial charge in [0.1, 0.15) is 11.4 Å². The van der Waals surface area contributed by atoms with Crippen LogP contribution in [-0.4, -0.2) is 20.1 Å². The van der Waals surface area contributed by atoms with Gasteiger partial charge in [0.05, 0.1) is 0 Å². The minimum absolute atomic E-state index is 0.236. The van der Waals surface area contributed by atoms with E-state index < -0.39 is 0 Å². The first-order valence-electron chi connectivity index (χ1n) is 7.19. The van der Waals surface area contributed by atoms with E-state index in [4.69, 9.17) is 5.73 Å². The van der Waals surface area contributed by atoms with Gasteiger partial charge in [-0.1, -0.05) is 18.2 Å². The average molecular weight is 302 g/mol. The molecule has 1 aromatic carbocycles. The van der Waals surface area contributed by atoms with Crippen molar-refractivity contribution in [3.05, 3.63) is 61.2 Å². The van der Waals surface area contributed by atoms with Crippen molar-refractivity contribution in [3.8, 4) is 28.0 Å². The highest BCUT2D eigenvalue weighted by Crippen LogP contribution is 2.35. The van der Waals surface area contributed by atoms with Gasteiger partial charge in [-0.2, -0.15) is 0 Å². The number of benzene rings is 1. The Bertz CT molecular complexity index is 1010. The molecule has 0 aliphatic carbocycles. The maximum Gasteiger partial charge on any atom is 0.137 e. The van der Waals surface area contributed by atoms with E-state index in [2.05, 4.69) is 15.0 Å². The topological polar surface area (TPSA) is 87.8 Å². The first-order valence-corrected chi connectivity index (χ1v) is 7.19. The Labute approximate surface area is 132 Å². The number of nitrogen functional groups attached to an aromatic ring is 1. The van der Waals surface area contributed by atoms with E-state index in [9.17, 15) is 5.11 Å². The van der Waals surface area contributed by atoms with E-state index >= 15 is 0 Å². The van der Waals surface area contributed by atoms with Crippen molar-refractivity contribution < 1.29 is 5.11 Å².